The molecule has 2 aliphatic heterocycles. The largest absolute Gasteiger partial charge is 2.00 e. The van der Waals surface area contributed by atoms with Crippen LogP contribution in [0.1, 0.15) is 108 Å². The first-order chi connectivity index (χ1) is 23.4. The van der Waals surface area contributed by atoms with Crippen LogP contribution in [0.25, 0.3) is 29.1 Å². The van der Waals surface area contributed by atoms with E-state index >= 15 is 0 Å². The van der Waals surface area contributed by atoms with Gasteiger partial charge in [0.05, 0.1) is 13.7 Å². The summed E-state index contributed by atoms with van der Waals surface area (Å²) in [6.45, 7) is 16.7. The summed E-state index contributed by atoms with van der Waals surface area (Å²) in [6.07, 6.45) is 9.47. The van der Waals surface area contributed by atoms with Gasteiger partial charge < -0.3 is 34.8 Å². The SMILES string of the molecule is CCc1c2[n-]c(c1C)/C=C1\[N-]/C(=C3\c4[n-]c(c(C)c4C(=O)[C@@H]3C(=O)OC)/C=c3\[n-]/c(c(C)c3CC)=C\2)[C@@H](CCC(O)OCC=C(C)C)[C@@H]1C.[Mg+2]. The number of nitrogens with zero attached hydrogens (tertiary/aromatic N) is 4. The second-order valence-corrected chi connectivity index (χ2v) is 13.7. The molecule has 1 aliphatic carbocycles. The number of ketones is 1. The van der Waals surface area contributed by atoms with Crippen molar-refractivity contribution >= 4 is 58.6 Å². The van der Waals surface area contributed by atoms with E-state index < -0.39 is 18.2 Å². The third-order valence-corrected chi connectivity index (χ3v) is 10.5. The Morgan fingerprint density at radius 3 is 2.28 bits per heavy atom. The van der Waals surface area contributed by atoms with E-state index in [1.165, 1.54) is 7.11 Å². The van der Waals surface area contributed by atoms with E-state index in [4.69, 9.17) is 29.7 Å². The minimum atomic E-state index is -1.18. The van der Waals surface area contributed by atoms with E-state index in [1.54, 1.807) is 0 Å². The second-order valence-electron chi connectivity index (χ2n) is 13.7. The molecule has 6 rings (SSSR count). The van der Waals surface area contributed by atoms with Crippen LogP contribution in [-0.4, -0.2) is 59.9 Å². The predicted octanol–water partition coefficient (Wildman–Crippen LogP) is 4.66. The van der Waals surface area contributed by atoms with Crippen molar-refractivity contribution in [2.45, 2.75) is 87.4 Å². The molecule has 3 aromatic heterocycles. The first kappa shape index (κ1) is 37.7. The number of allylic oxidation sites excluding steroid dienone is 3. The van der Waals surface area contributed by atoms with E-state index in [1.807, 2.05) is 39.0 Å². The molecule has 9 nitrogen and oxygen atoms in total. The van der Waals surface area contributed by atoms with Gasteiger partial charge in [0.1, 0.15) is 5.92 Å². The molecule has 0 amide bonds. The van der Waals surface area contributed by atoms with Crippen molar-refractivity contribution in [1.29, 1.82) is 0 Å². The number of aromatic nitrogens is 3. The molecule has 50 heavy (non-hydrogen) atoms. The third-order valence-electron chi connectivity index (χ3n) is 10.5. The van der Waals surface area contributed by atoms with E-state index in [2.05, 4.69) is 40.7 Å². The van der Waals surface area contributed by atoms with E-state index in [9.17, 15) is 14.7 Å². The molecule has 0 aromatic carbocycles. The summed E-state index contributed by atoms with van der Waals surface area (Å²) in [5.41, 5.74) is 11.5. The van der Waals surface area contributed by atoms with Gasteiger partial charge in [-0.3, -0.25) is 9.59 Å². The maximum Gasteiger partial charge on any atom is 2.00 e. The van der Waals surface area contributed by atoms with Crippen LogP contribution in [0.15, 0.2) is 23.0 Å². The summed E-state index contributed by atoms with van der Waals surface area (Å²) in [7, 11) is 1.30. The van der Waals surface area contributed by atoms with Crippen LogP contribution >= 0.6 is 0 Å². The fraction of sp³-hybridized carbons (Fsp3) is 0.450. The van der Waals surface area contributed by atoms with E-state index in [0.717, 1.165) is 68.5 Å². The average Bonchev–Trinajstić information content (AvgIpc) is 3.80. The number of esters is 1. The monoisotopic (exact) mass is 686 g/mol. The Labute approximate surface area is 310 Å². The Morgan fingerprint density at radius 1 is 0.940 bits per heavy atom. The van der Waals surface area contributed by atoms with Gasteiger partial charge in [-0.15, -0.1) is 33.5 Å². The zero-order valence-electron chi connectivity index (χ0n) is 30.7. The van der Waals surface area contributed by atoms with E-state index in [-0.39, 0.29) is 40.7 Å². The van der Waals surface area contributed by atoms with Crippen LogP contribution in [0.3, 0.4) is 0 Å². The summed E-state index contributed by atoms with van der Waals surface area (Å²) in [5, 5.41) is 17.7. The molecule has 260 valence electrons. The molecule has 0 spiro atoms. The molecular weight excluding hydrogens is 641 g/mol. The smallest absolute Gasteiger partial charge is 0.664 e. The first-order valence-corrected chi connectivity index (χ1v) is 17.3. The number of Topliss-reactive ketones (excluding diaryl/α,β-unsaturated/α-hetero) is 1. The van der Waals surface area contributed by atoms with Gasteiger partial charge in [0.25, 0.3) is 0 Å². The molecule has 1 N–H and O–H groups in total. The van der Waals surface area contributed by atoms with Crippen molar-refractivity contribution in [3.63, 3.8) is 0 Å². The van der Waals surface area contributed by atoms with Gasteiger partial charge in [0.15, 0.2) is 12.1 Å². The molecule has 0 saturated carbocycles. The molecule has 1 unspecified atom stereocenters. The number of methoxy groups -OCH3 is 1. The average molecular weight is 687 g/mol. The van der Waals surface area contributed by atoms with Gasteiger partial charge >= 0.3 is 29.0 Å². The van der Waals surface area contributed by atoms with Crippen LogP contribution in [0.5, 0.6) is 0 Å². The van der Waals surface area contributed by atoms with Gasteiger partial charge in [0.2, 0.25) is 0 Å². The summed E-state index contributed by atoms with van der Waals surface area (Å²) < 4.78 is 10.9. The van der Waals surface area contributed by atoms with Crippen LogP contribution in [0.2, 0.25) is 0 Å². The zero-order valence-corrected chi connectivity index (χ0v) is 32.1. The van der Waals surface area contributed by atoms with Gasteiger partial charge in [-0.1, -0.05) is 84.0 Å². The molecule has 8 bridgehead atoms. The summed E-state index contributed by atoms with van der Waals surface area (Å²) in [4.78, 5) is 42.8. The van der Waals surface area contributed by atoms with Crippen molar-refractivity contribution in [2.75, 3.05) is 13.7 Å². The third kappa shape index (κ3) is 6.51. The van der Waals surface area contributed by atoms with Crippen molar-refractivity contribution in [3.05, 3.63) is 95.2 Å². The second kappa shape index (κ2) is 15.0. The summed E-state index contributed by atoms with van der Waals surface area (Å²) in [5.74, 6) is -2.48. The predicted molar refractivity (Wildman–Crippen MR) is 196 cm³/mol. The number of hydrogen-bond donors (Lipinski definition) is 1. The minimum absolute atomic E-state index is 0. The topological polar surface area (TPSA) is 129 Å². The minimum Gasteiger partial charge on any atom is -0.664 e. The fourth-order valence-corrected chi connectivity index (χ4v) is 7.60. The Kier molecular flexibility index (Phi) is 11.3. The maximum atomic E-state index is 14.2. The normalized spacial score (nSPS) is 23.5. The molecule has 10 heteroatoms. The molecule has 3 aliphatic rings. The molecule has 5 heterocycles. The quantitative estimate of drug-likeness (QED) is 0.113. The number of aliphatic hydroxyl groups excluding tert-OH is 1. The van der Waals surface area contributed by atoms with Crippen molar-refractivity contribution in [2.24, 2.45) is 17.8 Å². The van der Waals surface area contributed by atoms with E-state index in [0.29, 0.717) is 53.2 Å². The standard InChI is InChI=1S/C40H47N4O5.Mg/c1-10-24-20(5)27-16-29-22(7)26(12-13-33(45)49-15-14-19(3)4)37(43-29)35-36(40(47)48-9)39(46)34-23(8)30(44-38(34)35)18-32-25(11-2)21(6)28(42-32)17-31(24)41-27;/h14,16-18,22,26,33,36,45H,10-13,15H2,1-9H3,(H-,43,44,46);/q-3;+2/p-1/b28-17-,29-16-,32-18-;/t22-,26-,33?,36+;/m0./s1. The number of aliphatic hydroxyl groups is 1. The van der Waals surface area contributed by atoms with Gasteiger partial charge in [-0.2, -0.15) is 11.4 Å². The molecule has 0 radical (unpaired) electrons. The summed E-state index contributed by atoms with van der Waals surface area (Å²) >= 11 is 0. The van der Waals surface area contributed by atoms with Gasteiger partial charge in [0, 0.05) is 5.56 Å². The molecule has 1 saturated heterocycles. The maximum absolute atomic E-state index is 14.2. The van der Waals surface area contributed by atoms with Crippen molar-refractivity contribution in [3.8, 4) is 0 Å². The van der Waals surface area contributed by atoms with Crippen molar-refractivity contribution < 1.29 is 24.2 Å². The van der Waals surface area contributed by atoms with Crippen molar-refractivity contribution in [1.82, 2.24) is 15.0 Å². The Balaban J connectivity index is 0.00000486. The number of rotatable bonds is 9. The number of carbonyl (C=O) groups excluding carboxylic acids is 2. The van der Waals surface area contributed by atoms with Crippen LogP contribution < -0.4 is 25.7 Å². The number of ether oxygens (including phenoxy) is 2. The number of fused-ring (bicyclic) bond motifs is 7. The Morgan fingerprint density at radius 2 is 1.62 bits per heavy atom. The van der Waals surface area contributed by atoms with Crippen LogP contribution in [0.4, 0.5) is 0 Å². The fourth-order valence-electron chi connectivity index (χ4n) is 7.60. The van der Waals surface area contributed by atoms with Crippen LogP contribution in [0, 0.1) is 38.5 Å². The Hall–Kier alpha value is -3.57. The summed E-state index contributed by atoms with van der Waals surface area (Å²) in [6, 6.07) is 0. The molecule has 1 fully saturated rings. The molecule has 4 atom stereocenters. The zero-order chi connectivity index (χ0) is 35.3. The molecule has 3 aromatic rings. The Bertz CT molecular complexity index is 2050. The molecular formula is C40H46MgN4O5-2. The van der Waals surface area contributed by atoms with Gasteiger partial charge in [-0.25, -0.2) is 0 Å². The van der Waals surface area contributed by atoms with Gasteiger partial charge in [-0.05, 0) is 72.1 Å². The first-order valence-electron chi connectivity index (χ1n) is 17.3. The number of hydrogen-bond acceptors (Lipinski definition) is 5. The van der Waals surface area contributed by atoms with Crippen LogP contribution in [-0.2, 0) is 27.1 Å². The number of carbonyl (C=O) groups is 2.